The van der Waals surface area contributed by atoms with Crippen LogP contribution in [0.15, 0.2) is 17.2 Å². The molecule has 6 nitrogen and oxygen atoms in total. The van der Waals surface area contributed by atoms with E-state index in [2.05, 4.69) is 10.3 Å². The highest BCUT2D eigenvalue weighted by molar-refractivity contribution is 5.76. The van der Waals surface area contributed by atoms with Crippen LogP contribution < -0.4 is 10.9 Å². The van der Waals surface area contributed by atoms with Gasteiger partial charge in [-0.3, -0.25) is 9.59 Å². The van der Waals surface area contributed by atoms with E-state index >= 15 is 0 Å². The molecule has 1 aromatic heterocycles. The van der Waals surface area contributed by atoms with Gasteiger partial charge >= 0.3 is 5.97 Å². The number of hydrogen-bond donors (Lipinski definition) is 1. The van der Waals surface area contributed by atoms with Crippen LogP contribution in [0.1, 0.15) is 33.7 Å². The van der Waals surface area contributed by atoms with Crippen LogP contribution in [0.5, 0.6) is 0 Å². The number of esters is 1. The Hall–Kier alpha value is -1.85. The minimum atomic E-state index is -0.721. The maximum Gasteiger partial charge on any atom is 0.313 e. The first kappa shape index (κ1) is 15.2. The summed E-state index contributed by atoms with van der Waals surface area (Å²) in [7, 11) is 1.34. The summed E-state index contributed by atoms with van der Waals surface area (Å²) in [6, 6.07) is 0.0599. The second-order valence-corrected chi connectivity index (χ2v) is 5.31. The fourth-order valence-corrected chi connectivity index (χ4v) is 1.61. The average Bonchev–Trinajstić information content (AvgIpc) is 2.36. The van der Waals surface area contributed by atoms with Gasteiger partial charge in [0.25, 0.3) is 5.56 Å². The lowest BCUT2D eigenvalue weighted by atomic mass is 9.94. The third-order valence-electron chi connectivity index (χ3n) is 2.86. The van der Waals surface area contributed by atoms with E-state index in [0.29, 0.717) is 0 Å². The van der Waals surface area contributed by atoms with Gasteiger partial charge in [0, 0.05) is 25.0 Å². The minimum absolute atomic E-state index is 0.0599. The lowest BCUT2D eigenvalue weighted by Gasteiger charge is -2.22. The number of carbonyl (C=O) groups excluding carboxylic acids is 1. The zero-order valence-corrected chi connectivity index (χ0v) is 12.1. The lowest BCUT2D eigenvalue weighted by Crippen LogP contribution is -2.35. The van der Waals surface area contributed by atoms with E-state index in [1.807, 2.05) is 13.8 Å². The lowest BCUT2D eigenvalue weighted by molar-refractivity contribution is -0.149. The number of rotatable bonds is 5. The van der Waals surface area contributed by atoms with E-state index in [0.717, 1.165) is 0 Å². The standard InChI is InChI=1S/C13H21N3O3/c1-9(2)16-7-6-14-10(11(16)17)15-8-13(3,4)12(18)19-5/h6-7,9H,8H2,1-5H3,(H,14,15). The van der Waals surface area contributed by atoms with E-state index in [1.54, 1.807) is 30.8 Å². The summed E-state index contributed by atoms with van der Waals surface area (Å²) in [5.74, 6) is -0.0895. The first-order chi connectivity index (χ1) is 8.79. The van der Waals surface area contributed by atoms with Crippen molar-refractivity contribution in [1.82, 2.24) is 9.55 Å². The Balaban J connectivity index is 2.88. The molecule has 6 heteroatoms. The number of methoxy groups -OCH3 is 1. The average molecular weight is 267 g/mol. The summed E-state index contributed by atoms with van der Waals surface area (Å²) in [6.07, 6.45) is 3.21. The number of anilines is 1. The number of ether oxygens (including phenoxy) is 1. The molecule has 0 atom stereocenters. The summed E-state index contributed by atoms with van der Waals surface area (Å²) >= 11 is 0. The van der Waals surface area contributed by atoms with Crippen LogP contribution in [-0.4, -0.2) is 29.2 Å². The van der Waals surface area contributed by atoms with Crippen molar-refractivity contribution < 1.29 is 9.53 Å². The molecule has 0 unspecified atom stereocenters. The Bertz CT molecular complexity index is 506. The molecule has 1 aromatic rings. The van der Waals surface area contributed by atoms with Crippen LogP contribution in [0.3, 0.4) is 0 Å². The van der Waals surface area contributed by atoms with E-state index in [1.165, 1.54) is 7.11 Å². The predicted octanol–water partition coefficient (Wildman–Crippen LogP) is 1.44. The Labute approximate surface area is 112 Å². The number of carbonyl (C=O) groups is 1. The van der Waals surface area contributed by atoms with E-state index < -0.39 is 5.41 Å². The molecule has 0 aliphatic rings. The highest BCUT2D eigenvalue weighted by Gasteiger charge is 2.28. The molecule has 1 rings (SSSR count). The maximum absolute atomic E-state index is 12.1. The van der Waals surface area contributed by atoms with Gasteiger partial charge in [-0.15, -0.1) is 0 Å². The van der Waals surface area contributed by atoms with Crippen LogP contribution in [0.2, 0.25) is 0 Å². The number of nitrogens with zero attached hydrogens (tertiary/aromatic N) is 2. The zero-order chi connectivity index (χ0) is 14.6. The van der Waals surface area contributed by atoms with Crippen molar-refractivity contribution in [3.63, 3.8) is 0 Å². The highest BCUT2D eigenvalue weighted by Crippen LogP contribution is 2.17. The molecule has 0 radical (unpaired) electrons. The normalized spacial score (nSPS) is 11.5. The number of hydrogen-bond acceptors (Lipinski definition) is 5. The highest BCUT2D eigenvalue weighted by atomic mass is 16.5. The molecule has 106 valence electrons. The molecule has 1 N–H and O–H groups in total. The van der Waals surface area contributed by atoms with Crippen LogP contribution >= 0.6 is 0 Å². The van der Waals surface area contributed by atoms with E-state index in [4.69, 9.17) is 4.74 Å². The smallest absolute Gasteiger partial charge is 0.313 e. The van der Waals surface area contributed by atoms with Gasteiger partial charge in [0.2, 0.25) is 0 Å². The summed E-state index contributed by atoms with van der Waals surface area (Å²) in [6.45, 7) is 7.61. The van der Waals surface area contributed by atoms with Gasteiger partial charge in [0.05, 0.1) is 12.5 Å². The second kappa shape index (κ2) is 5.86. The first-order valence-corrected chi connectivity index (χ1v) is 6.19. The molecule has 1 heterocycles. The van der Waals surface area contributed by atoms with E-state index in [-0.39, 0.29) is 29.9 Å². The maximum atomic E-state index is 12.1. The monoisotopic (exact) mass is 267 g/mol. The molecule has 0 aliphatic carbocycles. The Morgan fingerprint density at radius 2 is 2.16 bits per heavy atom. The summed E-state index contributed by atoms with van der Waals surface area (Å²) in [5, 5.41) is 2.92. The summed E-state index contributed by atoms with van der Waals surface area (Å²) < 4.78 is 6.30. The minimum Gasteiger partial charge on any atom is -0.469 e. The molecule has 0 fully saturated rings. The van der Waals surface area contributed by atoms with Gasteiger partial charge in [-0.2, -0.15) is 0 Å². The van der Waals surface area contributed by atoms with Crippen LogP contribution in [-0.2, 0) is 9.53 Å². The van der Waals surface area contributed by atoms with Crippen molar-refractivity contribution in [2.24, 2.45) is 5.41 Å². The van der Waals surface area contributed by atoms with Crippen LogP contribution in [0.25, 0.3) is 0 Å². The molecule has 0 bridgehead atoms. The van der Waals surface area contributed by atoms with Crippen molar-refractivity contribution in [2.45, 2.75) is 33.7 Å². The van der Waals surface area contributed by atoms with Crippen molar-refractivity contribution >= 4 is 11.8 Å². The summed E-state index contributed by atoms with van der Waals surface area (Å²) in [4.78, 5) is 27.7. The Morgan fingerprint density at radius 3 is 2.68 bits per heavy atom. The van der Waals surface area contributed by atoms with Crippen LogP contribution in [0, 0.1) is 5.41 Å². The molecule has 0 aliphatic heterocycles. The quantitative estimate of drug-likeness (QED) is 0.817. The molecule has 0 aromatic carbocycles. The van der Waals surface area contributed by atoms with E-state index in [9.17, 15) is 9.59 Å². The van der Waals surface area contributed by atoms with Crippen molar-refractivity contribution in [1.29, 1.82) is 0 Å². The molecular formula is C13H21N3O3. The SMILES string of the molecule is COC(=O)C(C)(C)CNc1nccn(C(C)C)c1=O. The Kier molecular flexibility index (Phi) is 4.69. The van der Waals surface area contributed by atoms with Crippen molar-refractivity contribution in [3.05, 3.63) is 22.7 Å². The first-order valence-electron chi connectivity index (χ1n) is 6.19. The topological polar surface area (TPSA) is 73.2 Å². The number of aromatic nitrogens is 2. The third-order valence-corrected chi connectivity index (χ3v) is 2.86. The molecule has 0 spiro atoms. The van der Waals surface area contributed by atoms with Gasteiger partial charge in [-0.05, 0) is 27.7 Å². The van der Waals surface area contributed by atoms with Gasteiger partial charge in [-0.25, -0.2) is 4.98 Å². The predicted molar refractivity (Wildman–Crippen MR) is 73.2 cm³/mol. The van der Waals surface area contributed by atoms with Crippen LogP contribution in [0.4, 0.5) is 5.82 Å². The zero-order valence-electron chi connectivity index (χ0n) is 12.1. The number of nitrogens with one attached hydrogen (secondary N) is 1. The Morgan fingerprint density at radius 1 is 1.53 bits per heavy atom. The molecule has 0 saturated carbocycles. The largest absolute Gasteiger partial charge is 0.469 e. The second-order valence-electron chi connectivity index (χ2n) is 5.31. The third kappa shape index (κ3) is 3.56. The molecule has 0 amide bonds. The van der Waals surface area contributed by atoms with Crippen molar-refractivity contribution in [3.8, 4) is 0 Å². The van der Waals surface area contributed by atoms with Gasteiger partial charge in [0.15, 0.2) is 5.82 Å². The fraction of sp³-hybridized carbons (Fsp3) is 0.615. The molecule has 19 heavy (non-hydrogen) atoms. The fourth-order valence-electron chi connectivity index (χ4n) is 1.61. The van der Waals surface area contributed by atoms with Gasteiger partial charge < -0.3 is 14.6 Å². The molecule has 0 saturated heterocycles. The van der Waals surface area contributed by atoms with Gasteiger partial charge in [0.1, 0.15) is 0 Å². The van der Waals surface area contributed by atoms with Gasteiger partial charge in [-0.1, -0.05) is 0 Å². The molecular weight excluding hydrogens is 246 g/mol. The summed E-state index contributed by atoms with van der Waals surface area (Å²) in [5.41, 5.74) is -0.917. The van der Waals surface area contributed by atoms with Crippen molar-refractivity contribution in [2.75, 3.05) is 19.0 Å².